The van der Waals surface area contributed by atoms with Crippen molar-refractivity contribution in [2.24, 2.45) is 0 Å². The van der Waals surface area contributed by atoms with Gasteiger partial charge in [0.15, 0.2) is 0 Å². The Morgan fingerprint density at radius 2 is 1.74 bits per heavy atom. The van der Waals surface area contributed by atoms with E-state index in [1.54, 1.807) is 0 Å². The Balaban J connectivity index is 2.12. The maximum atomic E-state index is 5.84. The van der Waals surface area contributed by atoms with Gasteiger partial charge in [-0.05, 0) is 44.5 Å². The largest absolute Gasteiger partial charge is 0.456 e. The summed E-state index contributed by atoms with van der Waals surface area (Å²) >= 11 is 0. The molecule has 1 aromatic heterocycles. The summed E-state index contributed by atoms with van der Waals surface area (Å²) in [7, 11) is 0. The Bertz CT molecular complexity index is 724. The second kappa shape index (κ2) is 4.30. The van der Waals surface area contributed by atoms with E-state index in [1.165, 1.54) is 10.8 Å². The molecule has 0 fully saturated rings. The summed E-state index contributed by atoms with van der Waals surface area (Å²) in [5, 5.41) is 5.92. The van der Waals surface area contributed by atoms with Crippen molar-refractivity contribution >= 4 is 27.6 Å². The van der Waals surface area contributed by atoms with E-state index in [0.29, 0.717) is 0 Å². The third kappa shape index (κ3) is 2.19. The fraction of sp³-hybridized carbons (Fsp3) is 0.294. The monoisotopic (exact) mass is 253 g/mol. The molecule has 0 aliphatic carbocycles. The summed E-state index contributed by atoms with van der Waals surface area (Å²) in [4.78, 5) is 0. The molecular weight excluding hydrogens is 234 g/mol. The lowest BCUT2D eigenvalue weighted by Crippen LogP contribution is -2.29. The van der Waals surface area contributed by atoms with Gasteiger partial charge < -0.3 is 9.73 Å². The number of para-hydroxylation sites is 1. The number of fused-ring (bicyclic) bond motifs is 3. The molecule has 2 nitrogen and oxygen atoms in total. The van der Waals surface area contributed by atoms with Crippen LogP contribution in [0.3, 0.4) is 0 Å². The van der Waals surface area contributed by atoms with Crippen molar-refractivity contribution in [3.05, 3.63) is 42.5 Å². The molecule has 98 valence electrons. The smallest absolute Gasteiger partial charge is 0.135 e. The topological polar surface area (TPSA) is 25.2 Å². The highest BCUT2D eigenvalue weighted by Gasteiger charge is 2.15. The quantitative estimate of drug-likeness (QED) is 0.695. The summed E-state index contributed by atoms with van der Waals surface area (Å²) in [6.07, 6.45) is 1.08. The van der Waals surface area contributed by atoms with Gasteiger partial charge in [-0.15, -0.1) is 0 Å². The molecule has 0 saturated heterocycles. The molecule has 0 aliphatic rings. The Labute approximate surface area is 113 Å². The van der Waals surface area contributed by atoms with Crippen molar-refractivity contribution in [1.29, 1.82) is 0 Å². The van der Waals surface area contributed by atoms with E-state index in [0.717, 1.165) is 23.3 Å². The number of anilines is 1. The SMILES string of the molecule is CCC(C)(C)Nc1ccc2oc3ccccc3c2c1. The molecule has 0 bridgehead atoms. The first kappa shape index (κ1) is 12.1. The molecule has 2 aromatic carbocycles. The highest BCUT2D eigenvalue weighted by Crippen LogP contribution is 2.31. The number of nitrogens with one attached hydrogen (secondary N) is 1. The first-order chi connectivity index (χ1) is 9.09. The third-order valence-electron chi connectivity index (χ3n) is 3.74. The Morgan fingerprint density at radius 3 is 2.53 bits per heavy atom. The molecule has 3 rings (SSSR count). The van der Waals surface area contributed by atoms with Gasteiger partial charge in [0, 0.05) is 22.0 Å². The van der Waals surface area contributed by atoms with Crippen molar-refractivity contribution in [3.8, 4) is 0 Å². The summed E-state index contributed by atoms with van der Waals surface area (Å²) in [6, 6.07) is 14.5. The number of hydrogen-bond acceptors (Lipinski definition) is 2. The number of benzene rings is 2. The van der Waals surface area contributed by atoms with Crippen molar-refractivity contribution in [1.82, 2.24) is 0 Å². The fourth-order valence-corrected chi connectivity index (χ4v) is 2.28. The van der Waals surface area contributed by atoms with Crippen LogP contribution in [0.1, 0.15) is 27.2 Å². The second-order valence-electron chi connectivity index (χ2n) is 5.67. The lowest BCUT2D eigenvalue weighted by Gasteiger charge is -2.25. The third-order valence-corrected chi connectivity index (χ3v) is 3.74. The number of furan rings is 1. The van der Waals surface area contributed by atoms with Gasteiger partial charge in [-0.2, -0.15) is 0 Å². The normalized spacial score (nSPS) is 12.2. The summed E-state index contributed by atoms with van der Waals surface area (Å²) in [6.45, 7) is 6.62. The van der Waals surface area contributed by atoms with Crippen molar-refractivity contribution in [2.45, 2.75) is 32.7 Å². The van der Waals surface area contributed by atoms with E-state index in [-0.39, 0.29) is 5.54 Å². The molecule has 0 atom stereocenters. The van der Waals surface area contributed by atoms with Gasteiger partial charge in [0.2, 0.25) is 0 Å². The summed E-state index contributed by atoms with van der Waals surface area (Å²) in [5.41, 5.74) is 3.14. The summed E-state index contributed by atoms with van der Waals surface area (Å²) < 4.78 is 5.84. The highest BCUT2D eigenvalue weighted by molar-refractivity contribution is 6.05. The van der Waals surface area contributed by atoms with Gasteiger partial charge in [-0.25, -0.2) is 0 Å². The van der Waals surface area contributed by atoms with Crippen LogP contribution in [0.5, 0.6) is 0 Å². The summed E-state index contributed by atoms with van der Waals surface area (Å²) in [5.74, 6) is 0. The van der Waals surface area contributed by atoms with Gasteiger partial charge in [0.25, 0.3) is 0 Å². The molecule has 2 heteroatoms. The van der Waals surface area contributed by atoms with Crippen molar-refractivity contribution < 1.29 is 4.42 Å². The maximum Gasteiger partial charge on any atom is 0.135 e. The van der Waals surface area contributed by atoms with E-state index in [4.69, 9.17) is 4.42 Å². The van der Waals surface area contributed by atoms with Crippen LogP contribution in [0, 0.1) is 0 Å². The fourth-order valence-electron chi connectivity index (χ4n) is 2.28. The molecule has 0 saturated carbocycles. The second-order valence-corrected chi connectivity index (χ2v) is 5.67. The minimum absolute atomic E-state index is 0.104. The number of hydrogen-bond donors (Lipinski definition) is 1. The van der Waals surface area contributed by atoms with Crippen LogP contribution in [-0.4, -0.2) is 5.54 Å². The van der Waals surface area contributed by atoms with Gasteiger partial charge in [-0.1, -0.05) is 25.1 Å². The molecule has 19 heavy (non-hydrogen) atoms. The molecule has 0 spiro atoms. The average molecular weight is 253 g/mol. The minimum Gasteiger partial charge on any atom is -0.456 e. The highest BCUT2D eigenvalue weighted by atomic mass is 16.3. The number of rotatable bonds is 3. The molecule has 0 aliphatic heterocycles. The Kier molecular flexibility index (Phi) is 2.74. The van der Waals surface area contributed by atoms with Crippen LogP contribution in [0.4, 0.5) is 5.69 Å². The van der Waals surface area contributed by atoms with Crippen LogP contribution >= 0.6 is 0 Å². The van der Waals surface area contributed by atoms with Crippen LogP contribution in [0.2, 0.25) is 0 Å². The molecule has 0 unspecified atom stereocenters. The van der Waals surface area contributed by atoms with Gasteiger partial charge >= 0.3 is 0 Å². The lowest BCUT2D eigenvalue weighted by molar-refractivity contribution is 0.547. The predicted octanol–water partition coefficient (Wildman–Crippen LogP) is 5.19. The van der Waals surface area contributed by atoms with Crippen LogP contribution in [0.15, 0.2) is 46.9 Å². The molecule has 1 heterocycles. The van der Waals surface area contributed by atoms with Crippen LogP contribution in [0.25, 0.3) is 21.9 Å². The van der Waals surface area contributed by atoms with Gasteiger partial charge in [0.05, 0.1) is 0 Å². The first-order valence-corrected chi connectivity index (χ1v) is 6.78. The van der Waals surface area contributed by atoms with Gasteiger partial charge in [-0.3, -0.25) is 0 Å². The Morgan fingerprint density at radius 1 is 1.00 bits per heavy atom. The Hall–Kier alpha value is -1.96. The van der Waals surface area contributed by atoms with Gasteiger partial charge in [0.1, 0.15) is 11.2 Å². The zero-order valence-electron chi connectivity index (χ0n) is 11.7. The zero-order chi connectivity index (χ0) is 13.5. The average Bonchev–Trinajstić information content (AvgIpc) is 2.76. The molecule has 1 N–H and O–H groups in total. The molecule has 3 aromatic rings. The van der Waals surface area contributed by atoms with E-state index in [1.807, 2.05) is 24.3 Å². The zero-order valence-corrected chi connectivity index (χ0v) is 11.7. The predicted molar refractivity (Wildman–Crippen MR) is 81.7 cm³/mol. The first-order valence-electron chi connectivity index (χ1n) is 6.78. The van der Waals surface area contributed by atoms with Crippen molar-refractivity contribution in [3.63, 3.8) is 0 Å². The lowest BCUT2D eigenvalue weighted by atomic mass is 10.0. The minimum atomic E-state index is 0.104. The molecule has 0 radical (unpaired) electrons. The van der Waals surface area contributed by atoms with Crippen LogP contribution < -0.4 is 5.32 Å². The van der Waals surface area contributed by atoms with E-state index < -0.39 is 0 Å². The van der Waals surface area contributed by atoms with Crippen LogP contribution in [-0.2, 0) is 0 Å². The maximum absolute atomic E-state index is 5.84. The van der Waals surface area contributed by atoms with E-state index in [2.05, 4.69) is 44.3 Å². The van der Waals surface area contributed by atoms with E-state index >= 15 is 0 Å². The van der Waals surface area contributed by atoms with Crippen molar-refractivity contribution in [2.75, 3.05) is 5.32 Å². The molecule has 0 amide bonds. The van der Waals surface area contributed by atoms with E-state index in [9.17, 15) is 0 Å². The molecular formula is C17H19NO. The standard InChI is InChI=1S/C17H19NO/c1-4-17(2,3)18-12-9-10-16-14(11-12)13-7-5-6-8-15(13)19-16/h5-11,18H,4H2,1-3H3.